The van der Waals surface area contributed by atoms with Gasteiger partial charge >= 0.3 is 0 Å². The second-order valence-corrected chi connectivity index (χ2v) is 4.83. The van der Waals surface area contributed by atoms with Gasteiger partial charge in [-0.15, -0.1) is 0 Å². The molecule has 0 bridgehead atoms. The van der Waals surface area contributed by atoms with Gasteiger partial charge in [-0.25, -0.2) is 0 Å². The summed E-state index contributed by atoms with van der Waals surface area (Å²) in [5.41, 5.74) is 7.58. The second kappa shape index (κ2) is 7.67. The minimum Gasteiger partial charge on any atom is -0.397 e. The quantitative estimate of drug-likeness (QED) is 0.743. The molecule has 0 aromatic heterocycles. The van der Waals surface area contributed by atoms with E-state index in [2.05, 4.69) is 12.2 Å². The van der Waals surface area contributed by atoms with Crippen LogP contribution in [0.2, 0.25) is 0 Å². The number of benzene rings is 1. The van der Waals surface area contributed by atoms with Crippen LogP contribution < -0.4 is 16.0 Å². The van der Waals surface area contributed by atoms with E-state index in [9.17, 15) is 4.79 Å². The van der Waals surface area contributed by atoms with E-state index in [-0.39, 0.29) is 11.9 Å². The largest absolute Gasteiger partial charge is 0.397 e. The SMILES string of the molecule is CCCC(C)NC(=O)CN(CC)c1ccccc1N. The minimum absolute atomic E-state index is 0.0473. The standard InChI is InChI=1S/C15H25N3O/c1-4-8-12(3)17-15(19)11-18(5-2)14-10-7-6-9-13(14)16/h6-7,9-10,12H,4-5,8,11,16H2,1-3H3,(H,17,19). The Hall–Kier alpha value is -1.71. The van der Waals surface area contributed by atoms with Crippen molar-refractivity contribution in [1.29, 1.82) is 0 Å². The van der Waals surface area contributed by atoms with Crippen LogP contribution >= 0.6 is 0 Å². The molecule has 1 aromatic rings. The number of nitrogens with one attached hydrogen (secondary N) is 1. The highest BCUT2D eigenvalue weighted by atomic mass is 16.2. The molecule has 3 N–H and O–H groups in total. The van der Waals surface area contributed by atoms with Crippen LogP contribution in [0.3, 0.4) is 0 Å². The first-order chi connectivity index (χ1) is 9.08. The molecule has 0 fully saturated rings. The van der Waals surface area contributed by atoms with E-state index in [1.54, 1.807) is 0 Å². The number of nitrogen functional groups attached to an aromatic ring is 1. The first kappa shape index (κ1) is 15.3. The smallest absolute Gasteiger partial charge is 0.239 e. The molecular weight excluding hydrogens is 238 g/mol. The van der Waals surface area contributed by atoms with Crippen molar-refractivity contribution in [3.8, 4) is 0 Å². The normalized spacial score (nSPS) is 11.9. The Morgan fingerprint density at radius 3 is 2.63 bits per heavy atom. The summed E-state index contributed by atoms with van der Waals surface area (Å²) >= 11 is 0. The van der Waals surface area contributed by atoms with Crippen molar-refractivity contribution in [2.24, 2.45) is 0 Å². The van der Waals surface area contributed by atoms with Crippen molar-refractivity contribution in [3.05, 3.63) is 24.3 Å². The van der Waals surface area contributed by atoms with Crippen LogP contribution in [-0.4, -0.2) is 25.0 Å². The molecule has 4 nitrogen and oxygen atoms in total. The summed E-state index contributed by atoms with van der Waals surface area (Å²) < 4.78 is 0. The Morgan fingerprint density at radius 1 is 1.37 bits per heavy atom. The highest BCUT2D eigenvalue weighted by Gasteiger charge is 2.13. The number of anilines is 2. The molecular formula is C15H25N3O. The van der Waals surface area contributed by atoms with E-state index in [0.29, 0.717) is 12.2 Å². The lowest BCUT2D eigenvalue weighted by molar-refractivity contribution is -0.120. The molecule has 0 radical (unpaired) electrons. The number of para-hydroxylation sites is 2. The van der Waals surface area contributed by atoms with Gasteiger partial charge in [0.1, 0.15) is 0 Å². The van der Waals surface area contributed by atoms with E-state index < -0.39 is 0 Å². The van der Waals surface area contributed by atoms with E-state index in [1.165, 1.54) is 0 Å². The molecule has 0 aliphatic rings. The molecule has 1 aromatic carbocycles. The molecule has 0 spiro atoms. The molecule has 0 saturated heterocycles. The van der Waals surface area contributed by atoms with Gasteiger partial charge < -0.3 is 16.0 Å². The number of amides is 1. The van der Waals surface area contributed by atoms with Crippen molar-refractivity contribution >= 4 is 17.3 Å². The lowest BCUT2D eigenvalue weighted by Crippen LogP contribution is -2.41. The summed E-state index contributed by atoms with van der Waals surface area (Å²) in [5.74, 6) is 0.0473. The molecule has 1 amide bonds. The Bertz CT molecular complexity index is 406. The second-order valence-electron chi connectivity index (χ2n) is 4.83. The first-order valence-electron chi connectivity index (χ1n) is 6.97. The van der Waals surface area contributed by atoms with Crippen molar-refractivity contribution in [3.63, 3.8) is 0 Å². The Kier molecular flexibility index (Phi) is 6.19. The van der Waals surface area contributed by atoms with Gasteiger partial charge in [-0.3, -0.25) is 4.79 Å². The molecule has 1 rings (SSSR count). The Morgan fingerprint density at radius 2 is 2.05 bits per heavy atom. The third-order valence-electron chi connectivity index (χ3n) is 3.12. The molecule has 1 atom stereocenters. The maximum atomic E-state index is 12.0. The lowest BCUT2D eigenvalue weighted by Gasteiger charge is -2.24. The summed E-state index contributed by atoms with van der Waals surface area (Å²) in [7, 11) is 0. The fourth-order valence-corrected chi connectivity index (χ4v) is 2.14. The van der Waals surface area contributed by atoms with Crippen LogP contribution in [0.5, 0.6) is 0 Å². The summed E-state index contributed by atoms with van der Waals surface area (Å²) in [5, 5.41) is 3.01. The number of carbonyl (C=O) groups excluding carboxylic acids is 1. The average Bonchev–Trinajstić information content (AvgIpc) is 2.37. The van der Waals surface area contributed by atoms with Gasteiger partial charge in [0.05, 0.1) is 17.9 Å². The molecule has 0 saturated carbocycles. The predicted molar refractivity (Wildman–Crippen MR) is 81.3 cm³/mol. The number of likely N-dealkylation sites (N-methyl/N-ethyl adjacent to an activating group) is 1. The third-order valence-corrected chi connectivity index (χ3v) is 3.12. The number of nitrogens with two attached hydrogens (primary N) is 1. The minimum atomic E-state index is 0.0473. The number of carbonyl (C=O) groups is 1. The fourth-order valence-electron chi connectivity index (χ4n) is 2.14. The highest BCUT2D eigenvalue weighted by Crippen LogP contribution is 2.21. The molecule has 1 unspecified atom stereocenters. The number of nitrogens with zero attached hydrogens (tertiary/aromatic N) is 1. The van der Waals surface area contributed by atoms with Crippen LogP contribution in [0, 0.1) is 0 Å². The van der Waals surface area contributed by atoms with E-state index >= 15 is 0 Å². The molecule has 19 heavy (non-hydrogen) atoms. The summed E-state index contributed by atoms with van der Waals surface area (Å²) in [6.45, 7) is 7.28. The van der Waals surface area contributed by atoms with E-state index in [4.69, 9.17) is 5.73 Å². The van der Waals surface area contributed by atoms with Crippen molar-refractivity contribution < 1.29 is 4.79 Å². The third kappa shape index (κ3) is 4.81. The average molecular weight is 263 g/mol. The van der Waals surface area contributed by atoms with Crippen molar-refractivity contribution in [1.82, 2.24) is 5.32 Å². The zero-order valence-electron chi connectivity index (χ0n) is 12.1. The maximum Gasteiger partial charge on any atom is 0.239 e. The van der Waals surface area contributed by atoms with E-state index in [1.807, 2.05) is 43.0 Å². The zero-order chi connectivity index (χ0) is 14.3. The Labute approximate surface area is 116 Å². The van der Waals surface area contributed by atoms with Crippen molar-refractivity contribution in [2.75, 3.05) is 23.7 Å². The number of hydrogen-bond acceptors (Lipinski definition) is 3. The van der Waals surface area contributed by atoms with Crippen LogP contribution in [0.1, 0.15) is 33.6 Å². The monoisotopic (exact) mass is 263 g/mol. The Balaban J connectivity index is 2.62. The number of rotatable bonds is 7. The maximum absolute atomic E-state index is 12.0. The predicted octanol–water partition coefficient (Wildman–Crippen LogP) is 2.40. The van der Waals surface area contributed by atoms with Crippen LogP contribution in [0.15, 0.2) is 24.3 Å². The van der Waals surface area contributed by atoms with Gasteiger partial charge in [0.15, 0.2) is 0 Å². The van der Waals surface area contributed by atoms with Crippen molar-refractivity contribution in [2.45, 2.75) is 39.7 Å². The molecule has 0 heterocycles. The summed E-state index contributed by atoms with van der Waals surface area (Å²) in [4.78, 5) is 14.0. The van der Waals surface area contributed by atoms with Gasteiger partial charge in [-0.2, -0.15) is 0 Å². The summed E-state index contributed by atoms with van der Waals surface area (Å²) in [6, 6.07) is 7.86. The van der Waals surface area contributed by atoms with Gasteiger partial charge in [0.25, 0.3) is 0 Å². The molecule has 4 heteroatoms. The van der Waals surface area contributed by atoms with Crippen LogP contribution in [0.25, 0.3) is 0 Å². The van der Waals surface area contributed by atoms with Gasteiger partial charge in [0, 0.05) is 12.6 Å². The van der Waals surface area contributed by atoms with Gasteiger partial charge in [0.2, 0.25) is 5.91 Å². The molecule has 0 aliphatic carbocycles. The first-order valence-corrected chi connectivity index (χ1v) is 6.97. The highest BCUT2D eigenvalue weighted by molar-refractivity contribution is 5.83. The lowest BCUT2D eigenvalue weighted by atomic mass is 10.2. The number of hydrogen-bond donors (Lipinski definition) is 2. The molecule has 0 aliphatic heterocycles. The summed E-state index contributed by atoms with van der Waals surface area (Å²) in [6.07, 6.45) is 2.08. The molecule has 106 valence electrons. The van der Waals surface area contributed by atoms with Crippen LogP contribution in [-0.2, 0) is 4.79 Å². The van der Waals surface area contributed by atoms with Gasteiger partial charge in [-0.1, -0.05) is 25.5 Å². The van der Waals surface area contributed by atoms with E-state index in [0.717, 1.165) is 25.1 Å². The van der Waals surface area contributed by atoms with Gasteiger partial charge in [-0.05, 0) is 32.4 Å². The zero-order valence-corrected chi connectivity index (χ0v) is 12.1. The fraction of sp³-hybridized carbons (Fsp3) is 0.533. The topological polar surface area (TPSA) is 58.4 Å². The van der Waals surface area contributed by atoms with Crippen LogP contribution in [0.4, 0.5) is 11.4 Å².